The number of amides is 2. The highest BCUT2D eigenvalue weighted by molar-refractivity contribution is 5.95. The largest absolute Gasteiger partial charge is 0.506 e. The third-order valence-electron chi connectivity index (χ3n) is 3.57. The molecule has 0 aliphatic heterocycles. The SMILES string of the molecule is O=C(CC1CCCC1)NCC(=O)Nc1ccccc1O. The van der Waals surface area contributed by atoms with Crippen LogP contribution in [0.2, 0.25) is 0 Å². The van der Waals surface area contributed by atoms with Crippen molar-refractivity contribution in [2.45, 2.75) is 32.1 Å². The Morgan fingerprint density at radius 3 is 2.55 bits per heavy atom. The lowest BCUT2D eigenvalue weighted by atomic mass is 10.0. The van der Waals surface area contributed by atoms with Crippen LogP contribution in [0.4, 0.5) is 5.69 Å². The number of aromatic hydroxyl groups is 1. The Hall–Kier alpha value is -2.04. The van der Waals surface area contributed by atoms with Crippen molar-refractivity contribution < 1.29 is 14.7 Å². The molecule has 3 N–H and O–H groups in total. The van der Waals surface area contributed by atoms with Gasteiger partial charge in [0.25, 0.3) is 0 Å². The average Bonchev–Trinajstić information content (AvgIpc) is 2.92. The zero-order chi connectivity index (χ0) is 14.4. The normalized spacial score (nSPS) is 15.0. The summed E-state index contributed by atoms with van der Waals surface area (Å²) in [5.41, 5.74) is 0.350. The summed E-state index contributed by atoms with van der Waals surface area (Å²) in [7, 11) is 0. The van der Waals surface area contributed by atoms with E-state index in [0.717, 1.165) is 12.8 Å². The number of benzene rings is 1. The Morgan fingerprint density at radius 2 is 1.85 bits per heavy atom. The molecule has 0 radical (unpaired) electrons. The van der Waals surface area contributed by atoms with Crippen LogP contribution in [0.15, 0.2) is 24.3 Å². The van der Waals surface area contributed by atoms with Crippen molar-refractivity contribution in [1.82, 2.24) is 5.32 Å². The van der Waals surface area contributed by atoms with E-state index in [-0.39, 0.29) is 24.1 Å². The summed E-state index contributed by atoms with van der Waals surface area (Å²) in [4.78, 5) is 23.4. The van der Waals surface area contributed by atoms with E-state index in [4.69, 9.17) is 0 Å². The molecule has 2 amide bonds. The molecule has 1 aliphatic carbocycles. The Labute approximate surface area is 118 Å². The second kappa shape index (κ2) is 6.93. The lowest BCUT2D eigenvalue weighted by molar-refractivity contribution is -0.124. The van der Waals surface area contributed by atoms with E-state index in [9.17, 15) is 14.7 Å². The second-order valence-electron chi connectivity index (χ2n) is 5.20. The first kappa shape index (κ1) is 14.4. The first-order valence-corrected chi connectivity index (χ1v) is 6.99. The van der Waals surface area contributed by atoms with Crippen LogP contribution in [0.25, 0.3) is 0 Å². The summed E-state index contributed by atoms with van der Waals surface area (Å²) in [6.45, 7) is -0.0696. The van der Waals surface area contributed by atoms with Crippen molar-refractivity contribution in [3.05, 3.63) is 24.3 Å². The third kappa shape index (κ3) is 4.26. The number of carbonyl (C=O) groups is 2. The van der Waals surface area contributed by atoms with Gasteiger partial charge in [0.1, 0.15) is 5.75 Å². The van der Waals surface area contributed by atoms with Gasteiger partial charge in [0.15, 0.2) is 0 Å². The molecule has 5 nitrogen and oxygen atoms in total. The quantitative estimate of drug-likeness (QED) is 0.720. The van der Waals surface area contributed by atoms with Crippen molar-refractivity contribution in [3.8, 4) is 5.75 Å². The van der Waals surface area contributed by atoms with E-state index >= 15 is 0 Å². The van der Waals surface area contributed by atoms with E-state index in [1.54, 1.807) is 18.2 Å². The zero-order valence-electron chi connectivity index (χ0n) is 11.4. The highest BCUT2D eigenvalue weighted by Crippen LogP contribution is 2.27. The molecule has 2 rings (SSSR count). The molecule has 1 aromatic rings. The van der Waals surface area contributed by atoms with Gasteiger partial charge in [-0.05, 0) is 30.9 Å². The Morgan fingerprint density at radius 1 is 1.15 bits per heavy atom. The molecular formula is C15H20N2O3. The third-order valence-corrected chi connectivity index (χ3v) is 3.57. The summed E-state index contributed by atoms with van der Waals surface area (Å²) in [5.74, 6) is 0.0602. The van der Waals surface area contributed by atoms with Crippen molar-refractivity contribution >= 4 is 17.5 Å². The minimum absolute atomic E-state index is 0.0122. The highest BCUT2D eigenvalue weighted by Gasteiger charge is 2.18. The van der Waals surface area contributed by atoms with Crippen LogP contribution in [0.5, 0.6) is 5.75 Å². The smallest absolute Gasteiger partial charge is 0.243 e. The molecule has 1 aromatic carbocycles. The van der Waals surface area contributed by atoms with Gasteiger partial charge in [-0.3, -0.25) is 9.59 Å². The van der Waals surface area contributed by atoms with Crippen LogP contribution >= 0.6 is 0 Å². The lowest BCUT2D eigenvalue weighted by Gasteiger charge is -2.10. The summed E-state index contributed by atoms with van der Waals surface area (Å²) in [6, 6.07) is 6.49. The van der Waals surface area contributed by atoms with Gasteiger partial charge in [-0.1, -0.05) is 25.0 Å². The molecule has 0 saturated heterocycles. The molecule has 1 fully saturated rings. The van der Waals surface area contributed by atoms with Crippen LogP contribution in [-0.2, 0) is 9.59 Å². The number of hydrogen-bond acceptors (Lipinski definition) is 3. The fraction of sp³-hybridized carbons (Fsp3) is 0.467. The van der Waals surface area contributed by atoms with Crippen LogP contribution < -0.4 is 10.6 Å². The molecule has 0 unspecified atom stereocenters. The maximum Gasteiger partial charge on any atom is 0.243 e. The topological polar surface area (TPSA) is 78.4 Å². The molecule has 20 heavy (non-hydrogen) atoms. The molecule has 1 saturated carbocycles. The highest BCUT2D eigenvalue weighted by atomic mass is 16.3. The van der Waals surface area contributed by atoms with Gasteiger partial charge >= 0.3 is 0 Å². The number of nitrogens with one attached hydrogen (secondary N) is 2. The molecule has 108 valence electrons. The summed E-state index contributed by atoms with van der Waals surface area (Å²) >= 11 is 0. The number of phenolic OH excluding ortho intramolecular Hbond substituents is 1. The van der Waals surface area contributed by atoms with Crippen LogP contribution in [0.3, 0.4) is 0 Å². The molecule has 0 aromatic heterocycles. The van der Waals surface area contributed by atoms with Gasteiger partial charge in [0.05, 0.1) is 12.2 Å². The predicted molar refractivity (Wildman–Crippen MR) is 76.3 cm³/mol. The van der Waals surface area contributed by atoms with Crippen LogP contribution in [0.1, 0.15) is 32.1 Å². The average molecular weight is 276 g/mol. The van der Waals surface area contributed by atoms with Gasteiger partial charge in [0, 0.05) is 6.42 Å². The van der Waals surface area contributed by atoms with Gasteiger partial charge in [-0.25, -0.2) is 0 Å². The fourth-order valence-electron chi connectivity index (χ4n) is 2.50. The molecule has 0 bridgehead atoms. The van der Waals surface area contributed by atoms with Crippen molar-refractivity contribution in [2.75, 3.05) is 11.9 Å². The molecule has 1 aliphatic rings. The summed E-state index contributed by atoms with van der Waals surface area (Å²) in [5, 5.41) is 14.7. The van der Waals surface area contributed by atoms with Gasteiger partial charge in [-0.15, -0.1) is 0 Å². The summed E-state index contributed by atoms with van der Waals surface area (Å²) < 4.78 is 0. The Bertz CT molecular complexity index is 482. The van der Waals surface area contributed by atoms with Crippen LogP contribution in [0, 0.1) is 5.92 Å². The van der Waals surface area contributed by atoms with E-state index in [2.05, 4.69) is 10.6 Å². The monoisotopic (exact) mass is 276 g/mol. The first-order chi connectivity index (χ1) is 9.65. The van der Waals surface area contributed by atoms with Crippen LogP contribution in [-0.4, -0.2) is 23.5 Å². The minimum atomic E-state index is -0.341. The maximum atomic E-state index is 11.7. The number of carbonyl (C=O) groups excluding carboxylic acids is 2. The number of phenols is 1. The predicted octanol–water partition coefficient (Wildman–Crippen LogP) is 2.03. The minimum Gasteiger partial charge on any atom is -0.506 e. The number of hydrogen-bond donors (Lipinski definition) is 3. The van der Waals surface area contributed by atoms with E-state index < -0.39 is 0 Å². The summed E-state index contributed by atoms with van der Waals surface area (Å²) in [6.07, 6.45) is 5.12. The second-order valence-corrected chi connectivity index (χ2v) is 5.20. The number of anilines is 1. The maximum absolute atomic E-state index is 11.7. The van der Waals surface area contributed by atoms with E-state index in [1.165, 1.54) is 18.9 Å². The first-order valence-electron chi connectivity index (χ1n) is 6.99. The van der Waals surface area contributed by atoms with E-state index in [0.29, 0.717) is 18.0 Å². The van der Waals surface area contributed by atoms with Crippen molar-refractivity contribution in [3.63, 3.8) is 0 Å². The zero-order valence-corrected chi connectivity index (χ0v) is 11.4. The lowest BCUT2D eigenvalue weighted by Crippen LogP contribution is -2.33. The number of rotatable bonds is 5. The standard InChI is InChI=1S/C15H20N2O3/c18-13-8-4-3-7-12(13)17-15(20)10-16-14(19)9-11-5-1-2-6-11/h3-4,7-8,11,18H,1-2,5-6,9-10H2,(H,16,19)(H,17,20). The molecule has 5 heteroatoms. The van der Waals surface area contributed by atoms with Gasteiger partial charge in [-0.2, -0.15) is 0 Å². The Kier molecular flexibility index (Phi) is 4.98. The van der Waals surface area contributed by atoms with Crippen molar-refractivity contribution in [1.29, 1.82) is 0 Å². The van der Waals surface area contributed by atoms with Crippen molar-refractivity contribution in [2.24, 2.45) is 5.92 Å². The van der Waals surface area contributed by atoms with Gasteiger partial charge < -0.3 is 15.7 Å². The van der Waals surface area contributed by atoms with E-state index in [1.807, 2.05) is 0 Å². The molecular weight excluding hydrogens is 256 g/mol. The molecule has 0 spiro atoms. The fourth-order valence-corrected chi connectivity index (χ4v) is 2.50. The van der Waals surface area contributed by atoms with Gasteiger partial charge in [0.2, 0.25) is 11.8 Å². The molecule has 0 atom stereocenters. The molecule has 0 heterocycles. The Balaban J connectivity index is 1.72. The number of para-hydroxylation sites is 2.